The van der Waals surface area contributed by atoms with Crippen LogP contribution >= 0.6 is 0 Å². The molecule has 0 amide bonds. The van der Waals surface area contributed by atoms with E-state index < -0.39 is 0 Å². The molecule has 2 rings (SSSR count). The molecule has 1 aromatic heterocycles. The molecule has 3 heteroatoms. The highest BCUT2D eigenvalue weighted by Crippen LogP contribution is 2.22. The molecule has 0 radical (unpaired) electrons. The molecule has 0 aliphatic carbocycles. The number of aromatic nitrogens is 2. The number of hydrogen-bond acceptors (Lipinski definition) is 2. The van der Waals surface area contributed by atoms with Gasteiger partial charge in [0.05, 0.1) is 5.69 Å². The molecule has 0 bridgehead atoms. The van der Waals surface area contributed by atoms with Crippen LogP contribution in [0.4, 0.5) is 0 Å². The molecule has 78 valence electrons. The number of hydrogen-bond donors (Lipinski definition) is 1. The molecular formula is C11H19N3. The standard InChI is InChI=1S/C11H19N3/c1-2-5-9-10(8-12)13-14-7-4-3-6-11(9)14/h2-8,12H2,1H3. The molecule has 0 unspecified atom stereocenters. The topological polar surface area (TPSA) is 43.8 Å². The van der Waals surface area contributed by atoms with E-state index in [1.165, 1.54) is 36.9 Å². The Balaban J connectivity index is 2.37. The van der Waals surface area contributed by atoms with E-state index >= 15 is 0 Å². The Hall–Kier alpha value is -0.830. The smallest absolute Gasteiger partial charge is 0.0795 e. The van der Waals surface area contributed by atoms with Gasteiger partial charge in [0.15, 0.2) is 0 Å². The monoisotopic (exact) mass is 193 g/mol. The second-order valence-corrected chi connectivity index (χ2v) is 4.01. The van der Waals surface area contributed by atoms with E-state index in [1.54, 1.807) is 0 Å². The zero-order valence-corrected chi connectivity index (χ0v) is 8.92. The van der Waals surface area contributed by atoms with Crippen LogP contribution in [0.15, 0.2) is 0 Å². The fourth-order valence-electron chi connectivity index (χ4n) is 2.31. The van der Waals surface area contributed by atoms with Crippen LogP contribution < -0.4 is 5.73 Å². The van der Waals surface area contributed by atoms with Crippen molar-refractivity contribution >= 4 is 0 Å². The molecule has 2 heterocycles. The molecule has 14 heavy (non-hydrogen) atoms. The SMILES string of the molecule is CCCc1c(CN)nn2c1CCCC2. The number of nitrogens with two attached hydrogens (primary N) is 1. The van der Waals surface area contributed by atoms with Crippen molar-refractivity contribution in [1.82, 2.24) is 9.78 Å². The summed E-state index contributed by atoms with van der Waals surface area (Å²) in [5.41, 5.74) is 9.74. The highest BCUT2D eigenvalue weighted by Gasteiger charge is 2.18. The molecule has 0 aromatic carbocycles. The van der Waals surface area contributed by atoms with Crippen molar-refractivity contribution < 1.29 is 0 Å². The quantitative estimate of drug-likeness (QED) is 0.793. The number of fused-ring (bicyclic) bond motifs is 1. The fraction of sp³-hybridized carbons (Fsp3) is 0.727. The summed E-state index contributed by atoms with van der Waals surface area (Å²) < 4.78 is 2.18. The highest BCUT2D eigenvalue weighted by atomic mass is 15.3. The predicted octanol–water partition coefficient (Wildman–Crippen LogP) is 1.63. The lowest BCUT2D eigenvalue weighted by Crippen LogP contribution is -2.12. The average Bonchev–Trinajstić information content (AvgIpc) is 2.58. The summed E-state index contributed by atoms with van der Waals surface area (Å²) in [5.74, 6) is 0. The normalized spacial score (nSPS) is 15.6. The minimum absolute atomic E-state index is 0.593. The second-order valence-electron chi connectivity index (χ2n) is 4.01. The average molecular weight is 193 g/mol. The fourth-order valence-corrected chi connectivity index (χ4v) is 2.31. The van der Waals surface area contributed by atoms with Gasteiger partial charge >= 0.3 is 0 Å². The van der Waals surface area contributed by atoms with Gasteiger partial charge in [-0.05, 0) is 31.2 Å². The Labute approximate surface area is 85.3 Å². The van der Waals surface area contributed by atoms with E-state index in [4.69, 9.17) is 5.73 Å². The van der Waals surface area contributed by atoms with Crippen molar-refractivity contribution in [2.75, 3.05) is 0 Å². The highest BCUT2D eigenvalue weighted by molar-refractivity contribution is 5.27. The molecule has 0 saturated heterocycles. The molecule has 0 atom stereocenters. The van der Waals surface area contributed by atoms with E-state index in [0.29, 0.717) is 6.54 Å². The lowest BCUT2D eigenvalue weighted by molar-refractivity contribution is 0.481. The molecule has 1 aliphatic heterocycles. The minimum atomic E-state index is 0.593. The van der Waals surface area contributed by atoms with Gasteiger partial charge in [-0.2, -0.15) is 5.10 Å². The summed E-state index contributed by atoms with van der Waals surface area (Å²) in [4.78, 5) is 0. The largest absolute Gasteiger partial charge is 0.325 e. The molecule has 3 nitrogen and oxygen atoms in total. The summed E-state index contributed by atoms with van der Waals surface area (Å²) in [6, 6.07) is 0. The van der Waals surface area contributed by atoms with E-state index in [0.717, 1.165) is 18.7 Å². The summed E-state index contributed by atoms with van der Waals surface area (Å²) >= 11 is 0. The van der Waals surface area contributed by atoms with Crippen LogP contribution in [0.5, 0.6) is 0 Å². The van der Waals surface area contributed by atoms with Crippen molar-refractivity contribution in [2.45, 2.75) is 52.1 Å². The maximum Gasteiger partial charge on any atom is 0.0795 e. The van der Waals surface area contributed by atoms with Gasteiger partial charge in [-0.1, -0.05) is 13.3 Å². The third kappa shape index (κ3) is 1.57. The molecule has 0 saturated carbocycles. The van der Waals surface area contributed by atoms with Gasteiger partial charge < -0.3 is 5.73 Å². The van der Waals surface area contributed by atoms with Gasteiger partial charge in [-0.3, -0.25) is 4.68 Å². The van der Waals surface area contributed by atoms with Crippen LogP contribution in [0.3, 0.4) is 0 Å². The van der Waals surface area contributed by atoms with Gasteiger partial charge in [0.25, 0.3) is 0 Å². The number of aryl methyl sites for hydroxylation is 1. The third-order valence-corrected chi connectivity index (χ3v) is 2.98. The zero-order chi connectivity index (χ0) is 9.97. The summed E-state index contributed by atoms with van der Waals surface area (Å²) in [6.07, 6.45) is 6.10. The van der Waals surface area contributed by atoms with Gasteiger partial charge in [0.1, 0.15) is 0 Å². The van der Waals surface area contributed by atoms with Gasteiger partial charge in [-0.15, -0.1) is 0 Å². The molecular weight excluding hydrogens is 174 g/mol. The maximum absolute atomic E-state index is 5.72. The van der Waals surface area contributed by atoms with E-state index in [2.05, 4.69) is 16.7 Å². The molecule has 1 aromatic rings. The van der Waals surface area contributed by atoms with Crippen LogP contribution in [0.1, 0.15) is 43.1 Å². The van der Waals surface area contributed by atoms with E-state index in [-0.39, 0.29) is 0 Å². The predicted molar refractivity (Wildman–Crippen MR) is 57.1 cm³/mol. The Morgan fingerprint density at radius 2 is 2.29 bits per heavy atom. The van der Waals surface area contributed by atoms with Crippen LogP contribution in [0.25, 0.3) is 0 Å². The molecule has 0 fully saturated rings. The van der Waals surface area contributed by atoms with Crippen LogP contribution in [0, 0.1) is 0 Å². The molecule has 1 aliphatic rings. The summed E-state index contributed by atoms with van der Waals surface area (Å²) in [6.45, 7) is 3.90. The molecule has 0 spiro atoms. The van der Waals surface area contributed by atoms with Crippen molar-refractivity contribution in [2.24, 2.45) is 5.73 Å². The second kappa shape index (κ2) is 4.13. The van der Waals surface area contributed by atoms with Crippen LogP contribution in [0.2, 0.25) is 0 Å². The van der Waals surface area contributed by atoms with Gasteiger partial charge in [0, 0.05) is 18.8 Å². The van der Waals surface area contributed by atoms with Crippen molar-refractivity contribution in [3.63, 3.8) is 0 Å². The first kappa shape index (κ1) is 9.71. The first-order valence-electron chi connectivity index (χ1n) is 5.64. The first-order valence-corrected chi connectivity index (χ1v) is 5.64. The lowest BCUT2D eigenvalue weighted by atomic mass is 10.0. The first-order chi connectivity index (χ1) is 6.86. The number of nitrogens with zero attached hydrogens (tertiary/aromatic N) is 2. The summed E-state index contributed by atoms with van der Waals surface area (Å²) in [5, 5.41) is 4.58. The van der Waals surface area contributed by atoms with Crippen molar-refractivity contribution in [3.05, 3.63) is 17.0 Å². The Bertz CT molecular complexity index is 315. The number of rotatable bonds is 3. The van der Waals surface area contributed by atoms with Crippen LogP contribution in [-0.2, 0) is 25.9 Å². The Morgan fingerprint density at radius 3 is 3.00 bits per heavy atom. The van der Waals surface area contributed by atoms with E-state index in [1.807, 2.05) is 0 Å². The van der Waals surface area contributed by atoms with Crippen molar-refractivity contribution in [1.29, 1.82) is 0 Å². The zero-order valence-electron chi connectivity index (χ0n) is 8.92. The van der Waals surface area contributed by atoms with Gasteiger partial charge in [0.2, 0.25) is 0 Å². The van der Waals surface area contributed by atoms with Crippen molar-refractivity contribution in [3.8, 4) is 0 Å². The van der Waals surface area contributed by atoms with Gasteiger partial charge in [-0.25, -0.2) is 0 Å². The lowest BCUT2D eigenvalue weighted by Gasteiger charge is -2.14. The van der Waals surface area contributed by atoms with E-state index in [9.17, 15) is 0 Å². The van der Waals surface area contributed by atoms with Crippen LogP contribution in [-0.4, -0.2) is 9.78 Å². The minimum Gasteiger partial charge on any atom is -0.325 e. The summed E-state index contributed by atoms with van der Waals surface area (Å²) in [7, 11) is 0. The maximum atomic E-state index is 5.72. The molecule has 2 N–H and O–H groups in total. The Kier molecular flexibility index (Phi) is 2.87. The third-order valence-electron chi connectivity index (χ3n) is 2.98. The Morgan fingerprint density at radius 1 is 1.43 bits per heavy atom.